The average Bonchev–Trinajstić information content (AvgIpc) is 3.10. The molecule has 1 aliphatic heterocycles. The maximum atomic E-state index is 5.65. The van der Waals surface area contributed by atoms with Crippen LogP contribution in [0.15, 0.2) is 4.99 Å². The molecule has 1 aliphatic carbocycles. The van der Waals surface area contributed by atoms with Gasteiger partial charge in [-0.25, -0.2) is 0 Å². The first kappa shape index (κ1) is 14.6. The third kappa shape index (κ3) is 5.37. The highest BCUT2D eigenvalue weighted by atomic mass is 16.5. The summed E-state index contributed by atoms with van der Waals surface area (Å²) in [5.74, 6) is 1.76. The molecule has 0 bridgehead atoms. The molecule has 0 aromatic carbocycles. The number of likely N-dealkylation sites (N-methyl/N-ethyl adjacent to an activating group) is 1. The third-order valence-corrected chi connectivity index (χ3v) is 3.71. The van der Waals surface area contributed by atoms with Crippen molar-refractivity contribution in [1.29, 1.82) is 0 Å². The maximum Gasteiger partial charge on any atom is 0.193 e. The fourth-order valence-corrected chi connectivity index (χ4v) is 2.24. The number of guanidine groups is 1. The van der Waals surface area contributed by atoms with Gasteiger partial charge in [0.1, 0.15) is 0 Å². The van der Waals surface area contributed by atoms with Gasteiger partial charge in [-0.3, -0.25) is 4.99 Å². The standard InChI is InChI=1S/C14H27N3O2/c1-15-14(16-10-13-4-3-8-19-13)17(2)7-9-18-11-12-5-6-12/h12-13H,3-11H2,1-2H3,(H,15,16). The zero-order chi connectivity index (χ0) is 13.5. The predicted molar refractivity (Wildman–Crippen MR) is 76.5 cm³/mol. The smallest absolute Gasteiger partial charge is 0.193 e. The third-order valence-electron chi connectivity index (χ3n) is 3.71. The molecule has 5 nitrogen and oxygen atoms in total. The molecule has 2 fully saturated rings. The van der Waals surface area contributed by atoms with Gasteiger partial charge in [0.15, 0.2) is 5.96 Å². The first-order valence-electron chi connectivity index (χ1n) is 7.40. The number of hydrogen-bond donors (Lipinski definition) is 1. The number of ether oxygens (including phenoxy) is 2. The van der Waals surface area contributed by atoms with Crippen LogP contribution < -0.4 is 5.32 Å². The van der Waals surface area contributed by atoms with Crippen molar-refractivity contribution in [3.63, 3.8) is 0 Å². The van der Waals surface area contributed by atoms with E-state index < -0.39 is 0 Å². The lowest BCUT2D eigenvalue weighted by molar-refractivity contribution is 0.109. The van der Waals surface area contributed by atoms with Crippen LogP contribution >= 0.6 is 0 Å². The Bertz CT molecular complexity index is 286. The predicted octanol–water partition coefficient (Wildman–Crippen LogP) is 1.10. The molecule has 2 rings (SSSR count). The van der Waals surface area contributed by atoms with E-state index in [0.29, 0.717) is 6.10 Å². The van der Waals surface area contributed by atoms with Gasteiger partial charge in [0.2, 0.25) is 0 Å². The summed E-state index contributed by atoms with van der Waals surface area (Å²) in [6.07, 6.45) is 5.37. The Hall–Kier alpha value is -0.810. The van der Waals surface area contributed by atoms with Crippen molar-refractivity contribution >= 4 is 5.96 Å². The number of hydrogen-bond acceptors (Lipinski definition) is 3. The van der Waals surface area contributed by atoms with Crippen molar-refractivity contribution < 1.29 is 9.47 Å². The van der Waals surface area contributed by atoms with Crippen LogP contribution in [0.3, 0.4) is 0 Å². The molecule has 110 valence electrons. The molecule has 1 unspecified atom stereocenters. The van der Waals surface area contributed by atoms with E-state index >= 15 is 0 Å². The summed E-state index contributed by atoms with van der Waals surface area (Å²) in [7, 11) is 3.87. The SMILES string of the molecule is CN=C(NCC1CCCO1)N(C)CCOCC1CC1. The zero-order valence-electron chi connectivity index (χ0n) is 12.2. The molecule has 1 N–H and O–H groups in total. The molecular weight excluding hydrogens is 242 g/mol. The minimum absolute atomic E-state index is 0.344. The second-order valence-electron chi connectivity index (χ2n) is 5.50. The molecule has 0 spiro atoms. The Kier molecular flexibility index (Phi) is 5.92. The Labute approximate surface area is 116 Å². The molecule has 0 aromatic rings. The average molecular weight is 269 g/mol. The van der Waals surface area contributed by atoms with Crippen LogP contribution in [-0.4, -0.2) is 64.0 Å². The number of aliphatic imine (C=N–C) groups is 1. The van der Waals surface area contributed by atoms with Gasteiger partial charge in [-0.15, -0.1) is 0 Å². The number of rotatable bonds is 7. The lowest BCUT2D eigenvalue weighted by atomic mass is 10.2. The van der Waals surface area contributed by atoms with Gasteiger partial charge < -0.3 is 19.7 Å². The number of nitrogens with zero attached hydrogens (tertiary/aromatic N) is 2. The topological polar surface area (TPSA) is 46.1 Å². The van der Waals surface area contributed by atoms with Crippen LogP contribution in [0.1, 0.15) is 25.7 Å². The highest BCUT2D eigenvalue weighted by molar-refractivity contribution is 5.79. The monoisotopic (exact) mass is 269 g/mol. The van der Waals surface area contributed by atoms with Crippen molar-refractivity contribution in [2.24, 2.45) is 10.9 Å². The number of nitrogens with one attached hydrogen (secondary N) is 1. The summed E-state index contributed by atoms with van der Waals surface area (Å²) in [5, 5.41) is 3.37. The highest BCUT2D eigenvalue weighted by Crippen LogP contribution is 2.28. The van der Waals surface area contributed by atoms with Crippen LogP contribution in [0.2, 0.25) is 0 Å². The summed E-state index contributed by atoms with van der Waals surface area (Å²) in [6.45, 7) is 4.32. The van der Waals surface area contributed by atoms with Crippen molar-refractivity contribution in [1.82, 2.24) is 10.2 Å². The van der Waals surface area contributed by atoms with Gasteiger partial charge in [0, 0.05) is 40.4 Å². The largest absolute Gasteiger partial charge is 0.379 e. The van der Waals surface area contributed by atoms with E-state index in [4.69, 9.17) is 9.47 Å². The van der Waals surface area contributed by atoms with Gasteiger partial charge in [0.25, 0.3) is 0 Å². The van der Waals surface area contributed by atoms with Gasteiger partial charge in [-0.1, -0.05) is 0 Å². The molecule has 19 heavy (non-hydrogen) atoms. The van der Waals surface area contributed by atoms with E-state index in [0.717, 1.165) is 51.2 Å². The van der Waals surface area contributed by atoms with Crippen LogP contribution in [0, 0.1) is 5.92 Å². The molecule has 1 atom stereocenters. The Balaban J connectivity index is 1.58. The van der Waals surface area contributed by atoms with Crippen LogP contribution in [0.25, 0.3) is 0 Å². The van der Waals surface area contributed by atoms with E-state index in [-0.39, 0.29) is 0 Å². The minimum Gasteiger partial charge on any atom is -0.379 e. The van der Waals surface area contributed by atoms with E-state index in [1.807, 2.05) is 14.1 Å². The maximum absolute atomic E-state index is 5.65. The van der Waals surface area contributed by atoms with Crippen molar-refractivity contribution in [2.45, 2.75) is 31.8 Å². The summed E-state index contributed by atoms with van der Waals surface area (Å²) >= 11 is 0. The van der Waals surface area contributed by atoms with Crippen molar-refractivity contribution in [2.75, 3.05) is 47.0 Å². The second kappa shape index (κ2) is 7.70. The minimum atomic E-state index is 0.344. The van der Waals surface area contributed by atoms with E-state index in [9.17, 15) is 0 Å². The highest BCUT2D eigenvalue weighted by Gasteiger charge is 2.21. The summed E-state index contributed by atoms with van der Waals surface area (Å²) < 4.78 is 11.3. The van der Waals surface area contributed by atoms with E-state index in [1.165, 1.54) is 19.3 Å². The van der Waals surface area contributed by atoms with Gasteiger partial charge in [-0.2, -0.15) is 0 Å². The molecule has 1 saturated carbocycles. The first-order chi connectivity index (χ1) is 9.29. The molecule has 0 amide bonds. The first-order valence-corrected chi connectivity index (χ1v) is 7.40. The Morgan fingerprint density at radius 3 is 2.89 bits per heavy atom. The zero-order valence-corrected chi connectivity index (χ0v) is 12.2. The van der Waals surface area contributed by atoms with E-state index in [2.05, 4.69) is 15.2 Å². The summed E-state index contributed by atoms with van der Waals surface area (Å²) in [5.41, 5.74) is 0. The lowest BCUT2D eigenvalue weighted by Gasteiger charge is -2.23. The van der Waals surface area contributed by atoms with Crippen LogP contribution in [-0.2, 0) is 9.47 Å². The summed E-state index contributed by atoms with van der Waals surface area (Å²) in [6, 6.07) is 0. The fraction of sp³-hybridized carbons (Fsp3) is 0.929. The van der Waals surface area contributed by atoms with Crippen molar-refractivity contribution in [3.05, 3.63) is 0 Å². The molecule has 0 radical (unpaired) electrons. The molecule has 0 aromatic heterocycles. The molecule has 1 saturated heterocycles. The molecular formula is C14H27N3O2. The molecule has 5 heteroatoms. The van der Waals surface area contributed by atoms with Gasteiger partial charge >= 0.3 is 0 Å². The van der Waals surface area contributed by atoms with Gasteiger partial charge in [0.05, 0.1) is 12.7 Å². The van der Waals surface area contributed by atoms with Gasteiger partial charge in [-0.05, 0) is 31.6 Å². The quantitative estimate of drug-likeness (QED) is 0.427. The Morgan fingerprint density at radius 2 is 2.26 bits per heavy atom. The summed E-state index contributed by atoms with van der Waals surface area (Å²) in [4.78, 5) is 6.41. The Morgan fingerprint density at radius 1 is 1.42 bits per heavy atom. The van der Waals surface area contributed by atoms with Crippen molar-refractivity contribution in [3.8, 4) is 0 Å². The van der Waals surface area contributed by atoms with Crippen LogP contribution in [0.4, 0.5) is 0 Å². The van der Waals surface area contributed by atoms with Crippen LogP contribution in [0.5, 0.6) is 0 Å². The van der Waals surface area contributed by atoms with E-state index in [1.54, 1.807) is 0 Å². The second-order valence-corrected chi connectivity index (χ2v) is 5.50. The molecule has 1 heterocycles. The normalized spacial score (nSPS) is 23.7. The lowest BCUT2D eigenvalue weighted by Crippen LogP contribution is -2.43. The fourth-order valence-electron chi connectivity index (χ4n) is 2.24. The molecule has 2 aliphatic rings.